The van der Waals surface area contributed by atoms with E-state index in [0.717, 1.165) is 31.5 Å². The fraction of sp³-hybridized carbons (Fsp3) is 0.304. The number of hydrogen-bond donors (Lipinski definition) is 0. The minimum Gasteiger partial charge on any atom is -0.491 e. The Morgan fingerprint density at radius 1 is 1.09 bits per heavy atom. The first-order chi connectivity index (χ1) is 15.6. The number of rotatable bonds is 7. The topological polar surface area (TPSA) is 64.6 Å². The lowest BCUT2D eigenvalue weighted by molar-refractivity contribution is 0.215. The number of benzene rings is 2. The molecule has 4 rings (SSSR count). The molecule has 1 fully saturated rings. The third kappa shape index (κ3) is 5.14. The van der Waals surface area contributed by atoms with Crippen LogP contribution in [0, 0.1) is 11.7 Å². The maximum Gasteiger partial charge on any atom is 0.509 e. The minimum absolute atomic E-state index is 0.232. The molecule has 1 saturated heterocycles. The molecule has 2 aromatic carbocycles. The Balaban J connectivity index is 1.35. The van der Waals surface area contributed by atoms with Crippen LogP contribution in [0.25, 0.3) is 11.1 Å². The van der Waals surface area contributed by atoms with Gasteiger partial charge >= 0.3 is 16.6 Å². The molecule has 0 radical (unpaired) electrons. The summed E-state index contributed by atoms with van der Waals surface area (Å²) in [6.45, 7) is 2.09. The molecule has 2 heterocycles. The third-order valence-corrected chi connectivity index (χ3v) is 6.21. The Kier molecular flexibility index (Phi) is 7.12. The van der Waals surface area contributed by atoms with Gasteiger partial charge in [-0.1, -0.05) is 17.7 Å². The first-order valence-corrected chi connectivity index (χ1v) is 11.3. The molecule has 0 unspecified atom stereocenters. The number of halogens is 2. The highest BCUT2D eigenvalue weighted by Crippen LogP contribution is 2.31. The summed E-state index contributed by atoms with van der Waals surface area (Å²) >= 11 is 6.21. The number of methoxy groups -OCH3 is 1. The molecule has 0 spiro atoms. The lowest BCUT2D eigenvalue weighted by Crippen LogP contribution is -2.36. The van der Waals surface area contributed by atoms with Gasteiger partial charge in [-0.05, 0) is 54.2 Å². The molecule has 1 aromatic heterocycles. The molecule has 1 aliphatic heterocycles. The molecule has 1 aliphatic rings. The van der Waals surface area contributed by atoms with Gasteiger partial charge < -0.3 is 14.4 Å². The number of piperidine rings is 1. The second-order valence-corrected chi connectivity index (χ2v) is 8.58. The summed E-state index contributed by atoms with van der Waals surface area (Å²) in [4.78, 5) is 11.1. The molecular weight excluding hydrogens is 453 g/mol. The average Bonchev–Trinajstić information content (AvgIpc) is 2.83. The van der Waals surface area contributed by atoms with Crippen LogP contribution in [0.15, 0.2) is 53.7 Å². The van der Waals surface area contributed by atoms with Crippen LogP contribution in [0.5, 0.6) is 11.5 Å². The highest BCUT2D eigenvalue weighted by molar-refractivity contribution is 7.65. The maximum absolute atomic E-state index is 14.7. The van der Waals surface area contributed by atoms with Crippen molar-refractivity contribution in [2.45, 2.75) is 17.7 Å². The minimum atomic E-state index is -0.421. The molecule has 0 aliphatic carbocycles. The first kappa shape index (κ1) is 22.4. The van der Waals surface area contributed by atoms with Crippen molar-refractivity contribution < 1.29 is 18.1 Å². The largest absolute Gasteiger partial charge is 0.509 e. The van der Waals surface area contributed by atoms with E-state index in [2.05, 4.69) is 14.9 Å². The van der Waals surface area contributed by atoms with Gasteiger partial charge in [0.2, 0.25) is 5.95 Å². The smallest absolute Gasteiger partial charge is 0.491 e. The monoisotopic (exact) mass is 474 g/mol. The van der Waals surface area contributed by atoms with Gasteiger partial charge in [-0.15, -0.1) is 0 Å². The van der Waals surface area contributed by atoms with E-state index in [4.69, 9.17) is 21.1 Å². The molecule has 32 heavy (non-hydrogen) atoms. The quantitative estimate of drug-likeness (QED) is 0.448. The lowest BCUT2D eigenvalue weighted by Gasteiger charge is -2.31. The maximum atomic E-state index is 14.7. The van der Waals surface area contributed by atoms with Crippen LogP contribution < -0.4 is 14.4 Å². The Morgan fingerprint density at radius 3 is 2.44 bits per heavy atom. The normalized spacial score (nSPS) is 14.3. The number of nitrogens with zero attached hydrogens (tertiary/aromatic N) is 3. The summed E-state index contributed by atoms with van der Waals surface area (Å²) in [6, 6.07) is 10.1. The SMILES string of the molecule is COc1cc(-c2ccc(OCC3CCN(c4ncc(Cl)cn4)CC3)c(F)c2)ccc1[S+]=O. The van der Waals surface area contributed by atoms with Crippen molar-refractivity contribution in [2.75, 3.05) is 31.7 Å². The van der Waals surface area contributed by atoms with Crippen molar-refractivity contribution in [3.63, 3.8) is 0 Å². The van der Waals surface area contributed by atoms with Crippen molar-refractivity contribution in [1.29, 1.82) is 0 Å². The lowest BCUT2D eigenvalue weighted by atomic mass is 9.98. The van der Waals surface area contributed by atoms with E-state index in [1.807, 2.05) is 0 Å². The molecule has 6 nitrogen and oxygen atoms in total. The third-order valence-electron chi connectivity index (χ3n) is 5.50. The summed E-state index contributed by atoms with van der Waals surface area (Å²) < 4.78 is 36.8. The fourth-order valence-electron chi connectivity index (χ4n) is 3.69. The van der Waals surface area contributed by atoms with Gasteiger partial charge in [0, 0.05) is 23.4 Å². The molecule has 0 atom stereocenters. The molecule has 9 heteroatoms. The summed E-state index contributed by atoms with van der Waals surface area (Å²) in [6.07, 6.45) is 5.02. The van der Waals surface area contributed by atoms with Crippen LogP contribution in [0.4, 0.5) is 10.3 Å². The van der Waals surface area contributed by atoms with Gasteiger partial charge in [-0.25, -0.2) is 14.4 Å². The van der Waals surface area contributed by atoms with E-state index in [-0.39, 0.29) is 5.75 Å². The van der Waals surface area contributed by atoms with Crippen molar-refractivity contribution >= 4 is 29.2 Å². The van der Waals surface area contributed by atoms with Crippen molar-refractivity contribution in [3.8, 4) is 22.6 Å². The van der Waals surface area contributed by atoms with Gasteiger partial charge in [0.1, 0.15) is 0 Å². The van der Waals surface area contributed by atoms with Crippen LogP contribution in [-0.2, 0) is 15.9 Å². The standard InChI is InChI=1S/C23H22ClFN3O3S/c1-30-21-11-17(3-5-22(21)32-29)16-2-4-20(19(25)10-16)31-14-15-6-8-28(9-7-15)23-26-12-18(24)13-27-23/h2-5,10-13,15H,6-9,14H2,1H3/q+1. The summed E-state index contributed by atoms with van der Waals surface area (Å²) in [5.74, 6) is 1.29. The highest BCUT2D eigenvalue weighted by atomic mass is 35.5. The Morgan fingerprint density at radius 2 is 1.78 bits per heavy atom. The van der Waals surface area contributed by atoms with Crippen LogP contribution in [0.3, 0.4) is 0 Å². The summed E-state index contributed by atoms with van der Waals surface area (Å²) in [5.41, 5.74) is 1.45. The fourth-order valence-corrected chi connectivity index (χ4v) is 4.14. The second kappa shape index (κ2) is 10.2. The summed E-state index contributed by atoms with van der Waals surface area (Å²) in [7, 11) is 1.50. The number of aromatic nitrogens is 2. The van der Waals surface area contributed by atoms with Crippen LogP contribution in [-0.4, -0.2) is 36.8 Å². The zero-order valence-corrected chi connectivity index (χ0v) is 19.0. The van der Waals surface area contributed by atoms with Crippen LogP contribution >= 0.6 is 11.6 Å². The molecule has 166 valence electrons. The molecule has 3 aromatic rings. The molecule has 0 bridgehead atoms. The van der Waals surface area contributed by atoms with E-state index in [9.17, 15) is 8.60 Å². The average molecular weight is 475 g/mol. The predicted octanol–water partition coefficient (Wildman–Crippen LogP) is 5.03. The Hall–Kier alpha value is -2.84. The zero-order valence-electron chi connectivity index (χ0n) is 17.5. The van der Waals surface area contributed by atoms with Gasteiger partial charge in [0.25, 0.3) is 0 Å². The zero-order chi connectivity index (χ0) is 22.5. The molecular formula is C23H22ClFN3O3S+. The molecule has 0 amide bonds. The highest BCUT2D eigenvalue weighted by Gasteiger charge is 2.22. The Bertz CT molecular complexity index is 1090. The Labute approximate surface area is 194 Å². The van der Waals surface area contributed by atoms with Crippen molar-refractivity contribution in [1.82, 2.24) is 9.97 Å². The van der Waals surface area contributed by atoms with Crippen molar-refractivity contribution in [2.24, 2.45) is 5.92 Å². The number of hydrogen-bond acceptors (Lipinski definition) is 6. The van der Waals surface area contributed by atoms with E-state index >= 15 is 0 Å². The van der Waals surface area contributed by atoms with E-state index in [1.54, 1.807) is 42.7 Å². The van der Waals surface area contributed by atoms with Gasteiger partial charge in [-0.3, -0.25) is 0 Å². The van der Waals surface area contributed by atoms with Gasteiger partial charge in [0.05, 0.1) is 31.1 Å². The first-order valence-electron chi connectivity index (χ1n) is 10.2. The van der Waals surface area contributed by atoms with E-state index in [1.165, 1.54) is 13.2 Å². The number of ether oxygens (including phenoxy) is 2. The van der Waals surface area contributed by atoms with E-state index < -0.39 is 5.82 Å². The van der Waals surface area contributed by atoms with Crippen molar-refractivity contribution in [3.05, 3.63) is 59.6 Å². The second-order valence-electron chi connectivity index (χ2n) is 7.54. The predicted molar refractivity (Wildman–Crippen MR) is 122 cm³/mol. The van der Waals surface area contributed by atoms with Gasteiger partial charge in [0.15, 0.2) is 17.3 Å². The summed E-state index contributed by atoms with van der Waals surface area (Å²) in [5, 5.41) is 0.516. The number of anilines is 1. The van der Waals surface area contributed by atoms with Crippen LogP contribution in [0.2, 0.25) is 5.02 Å². The van der Waals surface area contributed by atoms with Gasteiger partial charge in [-0.2, -0.15) is 0 Å². The molecule has 0 saturated carbocycles. The molecule has 0 N–H and O–H groups in total. The van der Waals surface area contributed by atoms with Crippen LogP contribution in [0.1, 0.15) is 12.8 Å². The van der Waals surface area contributed by atoms with E-state index in [0.29, 0.717) is 51.4 Å².